The quantitative estimate of drug-likeness (QED) is 0.358. The first-order valence-electron chi connectivity index (χ1n) is 9.28. The molecule has 5 nitrogen and oxygen atoms in total. The smallest absolute Gasteiger partial charge is 0.266 e. The molecule has 2 aromatic carbocycles. The van der Waals surface area contributed by atoms with E-state index in [9.17, 15) is 14.0 Å². The van der Waals surface area contributed by atoms with Gasteiger partial charge in [-0.2, -0.15) is 0 Å². The lowest BCUT2D eigenvalue weighted by molar-refractivity contribution is -0.120. The van der Waals surface area contributed by atoms with Crippen LogP contribution in [-0.4, -0.2) is 20.7 Å². The van der Waals surface area contributed by atoms with Crippen LogP contribution in [0.15, 0.2) is 76.0 Å². The standard InChI is InChI=1S/C22H18FN3O2S2/c1-14(20(27)24-13-15-7-6-12-29-15)30-22-25-18-10-4-2-8-16(18)21(28)26(22)19-11-5-3-9-17(19)23/h2-12,14H,13H2,1H3,(H,24,27). The van der Waals surface area contributed by atoms with Gasteiger partial charge in [-0.3, -0.25) is 14.2 Å². The SMILES string of the molecule is CC(Sc1nc2ccccc2c(=O)n1-c1ccccc1F)C(=O)NCc1cccs1. The zero-order chi connectivity index (χ0) is 21.1. The number of aromatic nitrogens is 2. The van der Waals surface area contributed by atoms with E-state index in [1.54, 1.807) is 54.7 Å². The van der Waals surface area contributed by atoms with E-state index in [1.807, 2.05) is 17.5 Å². The Labute approximate surface area is 180 Å². The van der Waals surface area contributed by atoms with Gasteiger partial charge >= 0.3 is 0 Å². The number of carbonyl (C=O) groups is 1. The van der Waals surface area contributed by atoms with Crippen molar-refractivity contribution in [2.45, 2.75) is 23.9 Å². The van der Waals surface area contributed by atoms with E-state index < -0.39 is 11.1 Å². The Bertz CT molecular complexity index is 1250. The molecule has 8 heteroatoms. The topological polar surface area (TPSA) is 64.0 Å². The molecule has 1 atom stereocenters. The Hall–Kier alpha value is -2.97. The number of amides is 1. The van der Waals surface area contributed by atoms with Crippen molar-refractivity contribution in [1.82, 2.24) is 14.9 Å². The summed E-state index contributed by atoms with van der Waals surface area (Å²) in [6.07, 6.45) is 0. The van der Waals surface area contributed by atoms with Crippen LogP contribution in [0.25, 0.3) is 16.6 Å². The van der Waals surface area contributed by atoms with Gasteiger partial charge in [-0.25, -0.2) is 9.37 Å². The Morgan fingerprint density at radius 1 is 1.17 bits per heavy atom. The number of rotatable bonds is 6. The summed E-state index contributed by atoms with van der Waals surface area (Å²) < 4.78 is 15.8. The predicted molar refractivity (Wildman–Crippen MR) is 119 cm³/mol. The van der Waals surface area contributed by atoms with Crippen molar-refractivity contribution in [3.05, 3.63) is 87.1 Å². The molecule has 2 aromatic heterocycles. The second-order valence-electron chi connectivity index (χ2n) is 6.56. The Morgan fingerprint density at radius 2 is 1.93 bits per heavy atom. The third-order valence-electron chi connectivity index (χ3n) is 4.51. The van der Waals surface area contributed by atoms with Crippen LogP contribution in [0, 0.1) is 5.82 Å². The molecule has 1 unspecified atom stereocenters. The van der Waals surface area contributed by atoms with Gasteiger partial charge in [-0.1, -0.05) is 42.1 Å². The molecule has 0 aliphatic carbocycles. The lowest BCUT2D eigenvalue weighted by Gasteiger charge is -2.16. The van der Waals surface area contributed by atoms with Gasteiger partial charge in [-0.15, -0.1) is 11.3 Å². The van der Waals surface area contributed by atoms with Crippen molar-refractivity contribution < 1.29 is 9.18 Å². The number of carbonyl (C=O) groups excluding carboxylic acids is 1. The van der Waals surface area contributed by atoms with E-state index in [2.05, 4.69) is 10.3 Å². The molecule has 1 N–H and O–H groups in total. The maximum atomic E-state index is 14.5. The van der Waals surface area contributed by atoms with Crippen LogP contribution in [-0.2, 0) is 11.3 Å². The zero-order valence-electron chi connectivity index (χ0n) is 16.0. The van der Waals surface area contributed by atoms with Crippen LogP contribution in [0.4, 0.5) is 4.39 Å². The molecule has 4 aromatic rings. The fraction of sp³-hybridized carbons (Fsp3) is 0.136. The lowest BCUT2D eigenvalue weighted by Crippen LogP contribution is -2.31. The van der Waals surface area contributed by atoms with E-state index in [4.69, 9.17) is 0 Å². The molecule has 0 radical (unpaired) electrons. The predicted octanol–water partition coefficient (Wildman–Crippen LogP) is 4.38. The largest absolute Gasteiger partial charge is 0.350 e. The number of hydrogen-bond donors (Lipinski definition) is 1. The van der Waals surface area contributed by atoms with Crippen molar-refractivity contribution in [2.75, 3.05) is 0 Å². The summed E-state index contributed by atoms with van der Waals surface area (Å²) in [7, 11) is 0. The van der Waals surface area contributed by atoms with Crippen molar-refractivity contribution in [1.29, 1.82) is 0 Å². The number of halogens is 1. The first-order chi connectivity index (χ1) is 14.5. The number of para-hydroxylation sites is 2. The van der Waals surface area contributed by atoms with Gasteiger partial charge in [0.15, 0.2) is 5.16 Å². The maximum Gasteiger partial charge on any atom is 0.266 e. The lowest BCUT2D eigenvalue weighted by atomic mass is 10.2. The molecular weight excluding hydrogens is 421 g/mol. The van der Waals surface area contributed by atoms with E-state index in [0.717, 1.165) is 16.6 Å². The maximum absolute atomic E-state index is 14.5. The molecular formula is C22H18FN3O2S2. The molecule has 0 saturated heterocycles. The minimum atomic E-state index is -0.534. The monoisotopic (exact) mass is 439 g/mol. The van der Waals surface area contributed by atoms with E-state index in [-0.39, 0.29) is 22.3 Å². The summed E-state index contributed by atoms with van der Waals surface area (Å²) in [4.78, 5) is 31.4. The van der Waals surface area contributed by atoms with Crippen molar-refractivity contribution in [2.24, 2.45) is 0 Å². The van der Waals surface area contributed by atoms with Gasteiger partial charge in [0.1, 0.15) is 5.82 Å². The van der Waals surface area contributed by atoms with Crippen molar-refractivity contribution in [3.63, 3.8) is 0 Å². The van der Waals surface area contributed by atoms with Gasteiger partial charge in [0.2, 0.25) is 5.91 Å². The van der Waals surface area contributed by atoms with Crippen LogP contribution in [0.2, 0.25) is 0 Å². The highest BCUT2D eigenvalue weighted by atomic mass is 32.2. The highest BCUT2D eigenvalue weighted by Gasteiger charge is 2.21. The van der Waals surface area contributed by atoms with Crippen molar-refractivity contribution >= 4 is 39.9 Å². The summed E-state index contributed by atoms with van der Waals surface area (Å²) >= 11 is 2.69. The number of nitrogens with zero attached hydrogens (tertiary/aromatic N) is 2. The molecule has 4 rings (SSSR count). The molecule has 30 heavy (non-hydrogen) atoms. The van der Waals surface area contributed by atoms with E-state index in [0.29, 0.717) is 17.4 Å². The van der Waals surface area contributed by atoms with Crippen LogP contribution < -0.4 is 10.9 Å². The van der Waals surface area contributed by atoms with Crippen LogP contribution >= 0.6 is 23.1 Å². The molecule has 0 saturated carbocycles. The molecule has 0 aliphatic rings. The molecule has 0 fully saturated rings. The number of hydrogen-bond acceptors (Lipinski definition) is 5. The molecule has 2 heterocycles. The minimum Gasteiger partial charge on any atom is -0.350 e. The third-order valence-corrected chi connectivity index (χ3v) is 6.44. The zero-order valence-corrected chi connectivity index (χ0v) is 17.7. The fourth-order valence-electron chi connectivity index (χ4n) is 2.98. The minimum absolute atomic E-state index is 0.106. The fourth-order valence-corrected chi connectivity index (χ4v) is 4.57. The highest BCUT2D eigenvalue weighted by Crippen LogP contribution is 2.26. The van der Waals surface area contributed by atoms with Gasteiger partial charge in [0, 0.05) is 4.88 Å². The molecule has 0 spiro atoms. The van der Waals surface area contributed by atoms with Crippen LogP contribution in [0.5, 0.6) is 0 Å². The summed E-state index contributed by atoms with van der Waals surface area (Å²) in [6, 6.07) is 16.8. The van der Waals surface area contributed by atoms with E-state index >= 15 is 0 Å². The first kappa shape index (κ1) is 20.3. The molecule has 152 valence electrons. The average Bonchev–Trinajstić information content (AvgIpc) is 3.27. The number of thioether (sulfide) groups is 1. The van der Waals surface area contributed by atoms with Gasteiger partial charge in [-0.05, 0) is 42.6 Å². The van der Waals surface area contributed by atoms with Crippen molar-refractivity contribution in [3.8, 4) is 5.69 Å². The Balaban J connectivity index is 1.70. The van der Waals surface area contributed by atoms with Gasteiger partial charge in [0.25, 0.3) is 5.56 Å². The molecule has 0 bridgehead atoms. The summed E-state index contributed by atoms with van der Waals surface area (Å²) in [5.41, 5.74) is 0.234. The number of fused-ring (bicyclic) bond motifs is 1. The van der Waals surface area contributed by atoms with E-state index in [1.165, 1.54) is 16.7 Å². The second-order valence-corrected chi connectivity index (χ2v) is 8.90. The molecule has 0 aliphatic heterocycles. The first-order valence-corrected chi connectivity index (χ1v) is 11.0. The number of benzene rings is 2. The third kappa shape index (κ3) is 4.15. The Morgan fingerprint density at radius 3 is 2.70 bits per heavy atom. The number of nitrogens with one attached hydrogen (secondary N) is 1. The summed E-state index contributed by atoms with van der Waals surface area (Å²) in [5, 5.41) is 4.96. The normalized spacial score (nSPS) is 12.1. The van der Waals surface area contributed by atoms with Gasteiger partial charge < -0.3 is 5.32 Å². The van der Waals surface area contributed by atoms with Gasteiger partial charge in [0.05, 0.1) is 28.4 Å². The second kappa shape index (κ2) is 8.81. The highest BCUT2D eigenvalue weighted by molar-refractivity contribution is 8.00. The van der Waals surface area contributed by atoms with Crippen LogP contribution in [0.3, 0.4) is 0 Å². The number of thiophene rings is 1. The average molecular weight is 440 g/mol. The summed E-state index contributed by atoms with van der Waals surface area (Å²) in [5.74, 6) is -0.718. The van der Waals surface area contributed by atoms with Crippen LogP contribution in [0.1, 0.15) is 11.8 Å². The molecule has 1 amide bonds. The Kier molecular flexibility index (Phi) is 5.96. The summed E-state index contributed by atoms with van der Waals surface area (Å²) in [6.45, 7) is 2.17.